The maximum atomic E-state index is 12.5. The van der Waals surface area contributed by atoms with Crippen molar-refractivity contribution in [1.82, 2.24) is 14.6 Å². The van der Waals surface area contributed by atoms with Gasteiger partial charge in [-0.15, -0.1) is 0 Å². The molecule has 26 heavy (non-hydrogen) atoms. The number of H-pyrrole nitrogens is 1. The van der Waals surface area contributed by atoms with Gasteiger partial charge in [-0.3, -0.25) is 4.90 Å². The summed E-state index contributed by atoms with van der Waals surface area (Å²) < 4.78 is 32.3. The van der Waals surface area contributed by atoms with Gasteiger partial charge in [0.25, 0.3) is 0 Å². The van der Waals surface area contributed by atoms with Gasteiger partial charge in [0.1, 0.15) is 10.6 Å². The number of nitrogens with one attached hydrogen (secondary N) is 2. The van der Waals surface area contributed by atoms with Crippen LogP contribution in [0.5, 0.6) is 0 Å². The number of aromatic nitrogens is 1. The molecule has 0 unspecified atom stereocenters. The minimum atomic E-state index is -3.66. The molecule has 0 aliphatic carbocycles. The number of esters is 1. The number of likely N-dealkylation sites (tertiary alicyclic amines) is 1. The first-order valence-electron chi connectivity index (χ1n) is 8.53. The summed E-state index contributed by atoms with van der Waals surface area (Å²) in [6.07, 6.45) is 2.81. The predicted molar refractivity (Wildman–Crippen MR) is 97.2 cm³/mol. The lowest BCUT2D eigenvalue weighted by atomic mass is 10.1. The van der Waals surface area contributed by atoms with Gasteiger partial charge < -0.3 is 9.72 Å². The number of ether oxygens (including phenoxy) is 1. The van der Waals surface area contributed by atoms with Crippen molar-refractivity contribution in [2.45, 2.75) is 30.3 Å². The Balaban J connectivity index is 1.55. The Morgan fingerprint density at radius 3 is 2.62 bits per heavy atom. The molecule has 7 nitrogen and oxygen atoms in total. The number of sulfonamides is 1. The summed E-state index contributed by atoms with van der Waals surface area (Å²) >= 11 is 0. The molecule has 1 aliphatic heterocycles. The topological polar surface area (TPSA) is 91.5 Å². The molecule has 140 valence electrons. The van der Waals surface area contributed by atoms with Gasteiger partial charge in [0.2, 0.25) is 10.0 Å². The standard InChI is InChI=1S/C18H23N3O4S/c1-25-18(22)17-11-16(12-19-17)26(23,24)20-15-7-9-21(10-8-15)13-14-5-3-2-4-6-14/h2-6,11-12,15,19-20H,7-10,13H2,1H3. The monoisotopic (exact) mass is 377 g/mol. The first-order chi connectivity index (χ1) is 12.5. The molecular formula is C18H23N3O4S. The van der Waals surface area contributed by atoms with Crippen molar-refractivity contribution in [1.29, 1.82) is 0 Å². The Bertz CT molecular complexity index is 840. The van der Waals surface area contributed by atoms with Crippen molar-refractivity contribution in [3.63, 3.8) is 0 Å². The van der Waals surface area contributed by atoms with Gasteiger partial charge >= 0.3 is 5.97 Å². The van der Waals surface area contributed by atoms with E-state index in [4.69, 9.17) is 0 Å². The molecule has 0 spiro atoms. The Hall–Kier alpha value is -2.16. The number of methoxy groups -OCH3 is 1. The number of hydrogen-bond donors (Lipinski definition) is 2. The summed E-state index contributed by atoms with van der Waals surface area (Å²) in [7, 11) is -2.42. The van der Waals surface area contributed by atoms with E-state index < -0.39 is 16.0 Å². The largest absolute Gasteiger partial charge is 0.464 e. The first kappa shape index (κ1) is 18.6. The molecule has 0 saturated carbocycles. The Kier molecular flexibility index (Phi) is 5.75. The van der Waals surface area contributed by atoms with E-state index in [1.165, 1.54) is 24.9 Å². The summed E-state index contributed by atoms with van der Waals surface area (Å²) in [5.41, 5.74) is 1.37. The summed E-state index contributed by atoms with van der Waals surface area (Å²) in [6.45, 7) is 2.55. The van der Waals surface area contributed by atoms with Gasteiger partial charge in [-0.25, -0.2) is 17.9 Å². The molecule has 1 aromatic carbocycles. The minimum absolute atomic E-state index is 0.0459. The lowest BCUT2D eigenvalue weighted by Crippen LogP contribution is -2.44. The highest BCUT2D eigenvalue weighted by Gasteiger charge is 2.26. The zero-order valence-corrected chi connectivity index (χ0v) is 15.5. The van der Waals surface area contributed by atoms with Gasteiger partial charge in [0.05, 0.1) is 7.11 Å². The second-order valence-corrected chi connectivity index (χ2v) is 8.11. The summed E-state index contributed by atoms with van der Waals surface area (Å²) in [5.74, 6) is -0.597. The van der Waals surface area contributed by atoms with Crippen LogP contribution in [0.25, 0.3) is 0 Å². The molecule has 0 atom stereocenters. The van der Waals surface area contributed by atoms with E-state index >= 15 is 0 Å². The fraction of sp³-hybridized carbons (Fsp3) is 0.389. The number of nitrogens with zero attached hydrogens (tertiary/aromatic N) is 1. The fourth-order valence-corrected chi connectivity index (χ4v) is 4.39. The highest BCUT2D eigenvalue weighted by molar-refractivity contribution is 7.89. The van der Waals surface area contributed by atoms with E-state index in [0.717, 1.165) is 32.5 Å². The number of carbonyl (C=O) groups is 1. The van der Waals surface area contributed by atoms with Crippen LogP contribution in [0.15, 0.2) is 47.5 Å². The zero-order valence-electron chi connectivity index (χ0n) is 14.6. The third-order valence-corrected chi connectivity index (χ3v) is 6.03. The van der Waals surface area contributed by atoms with Crippen molar-refractivity contribution < 1.29 is 17.9 Å². The van der Waals surface area contributed by atoms with E-state index in [9.17, 15) is 13.2 Å². The van der Waals surface area contributed by atoms with Crippen LogP contribution in [0.2, 0.25) is 0 Å². The number of hydrogen-bond acceptors (Lipinski definition) is 5. The van der Waals surface area contributed by atoms with Crippen molar-refractivity contribution in [2.24, 2.45) is 0 Å². The average molecular weight is 377 g/mol. The van der Waals surface area contributed by atoms with E-state index in [1.54, 1.807) is 0 Å². The second-order valence-electron chi connectivity index (χ2n) is 6.40. The fourth-order valence-electron chi connectivity index (χ4n) is 3.10. The maximum Gasteiger partial charge on any atom is 0.354 e. The molecular weight excluding hydrogens is 354 g/mol. The zero-order chi connectivity index (χ0) is 18.6. The summed E-state index contributed by atoms with van der Waals surface area (Å²) in [6, 6.07) is 11.4. The normalized spacial score (nSPS) is 16.5. The molecule has 0 bridgehead atoms. The van der Waals surface area contributed by atoms with Crippen LogP contribution >= 0.6 is 0 Å². The third kappa shape index (κ3) is 4.51. The van der Waals surface area contributed by atoms with E-state index in [1.807, 2.05) is 18.2 Å². The molecule has 2 heterocycles. The van der Waals surface area contributed by atoms with E-state index in [-0.39, 0.29) is 16.6 Å². The number of benzene rings is 1. The van der Waals surface area contributed by atoms with Crippen LogP contribution in [0.3, 0.4) is 0 Å². The van der Waals surface area contributed by atoms with Crippen LogP contribution in [-0.2, 0) is 21.3 Å². The van der Waals surface area contributed by atoms with Crippen LogP contribution in [0, 0.1) is 0 Å². The van der Waals surface area contributed by atoms with Crippen LogP contribution < -0.4 is 4.72 Å². The van der Waals surface area contributed by atoms with Crippen molar-refractivity contribution in [3.05, 3.63) is 53.9 Å². The predicted octanol–water partition coefficient (Wildman–Crippen LogP) is 1.74. The number of carbonyl (C=O) groups excluding carboxylic acids is 1. The highest BCUT2D eigenvalue weighted by Crippen LogP contribution is 2.17. The smallest absolute Gasteiger partial charge is 0.354 e. The average Bonchev–Trinajstić information content (AvgIpc) is 3.15. The van der Waals surface area contributed by atoms with Gasteiger partial charge in [-0.1, -0.05) is 30.3 Å². The van der Waals surface area contributed by atoms with Gasteiger partial charge in [0, 0.05) is 31.9 Å². The lowest BCUT2D eigenvalue weighted by Gasteiger charge is -2.32. The summed E-state index contributed by atoms with van der Waals surface area (Å²) in [5, 5.41) is 0. The third-order valence-electron chi connectivity index (χ3n) is 4.53. The van der Waals surface area contributed by atoms with Gasteiger partial charge in [-0.2, -0.15) is 0 Å². The molecule has 1 fully saturated rings. The molecule has 2 aromatic rings. The van der Waals surface area contributed by atoms with Crippen LogP contribution in [0.4, 0.5) is 0 Å². The second kappa shape index (κ2) is 8.03. The highest BCUT2D eigenvalue weighted by atomic mass is 32.2. The van der Waals surface area contributed by atoms with E-state index in [0.29, 0.717) is 0 Å². The summed E-state index contributed by atoms with van der Waals surface area (Å²) in [4.78, 5) is 16.5. The van der Waals surface area contributed by atoms with Gasteiger partial charge in [0.15, 0.2) is 0 Å². The van der Waals surface area contributed by atoms with Crippen LogP contribution in [-0.4, -0.2) is 50.5 Å². The van der Waals surface area contributed by atoms with Crippen molar-refractivity contribution in [3.8, 4) is 0 Å². The molecule has 3 rings (SSSR count). The number of aromatic amines is 1. The Morgan fingerprint density at radius 2 is 1.96 bits per heavy atom. The Labute approximate surface area is 153 Å². The maximum absolute atomic E-state index is 12.5. The molecule has 1 aliphatic rings. The first-order valence-corrected chi connectivity index (χ1v) is 10.0. The molecule has 0 amide bonds. The molecule has 2 N–H and O–H groups in total. The minimum Gasteiger partial charge on any atom is -0.464 e. The SMILES string of the molecule is COC(=O)c1cc(S(=O)(=O)NC2CCN(Cc3ccccc3)CC2)c[nH]1. The number of piperidine rings is 1. The molecule has 0 radical (unpaired) electrons. The quantitative estimate of drug-likeness (QED) is 0.749. The number of rotatable bonds is 6. The Morgan fingerprint density at radius 1 is 1.27 bits per heavy atom. The molecule has 1 aromatic heterocycles. The molecule has 1 saturated heterocycles. The van der Waals surface area contributed by atoms with Crippen LogP contribution in [0.1, 0.15) is 28.9 Å². The molecule has 8 heteroatoms. The van der Waals surface area contributed by atoms with Gasteiger partial charge in [-0.05, 0) is 24.5 Å². The van der Waals surface area contributed by atoms with E-state index in [2.05, 4.69) is 31.5 Å². The van der Waals surface area contributed by atoms with Crippen molar-refractivity contribution in [2.75, 3.05) is 20.2 Å². The lowest BCUT2D eigenvalue weighted by molar-refractivity contribution is 0.0594. The van der Waals surface area contributed by atoms with Crippen molar-refractivity contribution >= 4 is 16.0 Å².